The predicted molar refractivity (Wildman–Crippen MR) is 63.5 cm³/mol. The molecule has 1 aliphatic carbocycles. The van der Waals surface area contributed by atoms with Crippen molar-refractivity contribution in [3.05, 3.63) is 0 Å². The Hall–Kier alpha value is -0.610. The lowest BCUT2D eigenvalue weighted by molar-refractivity contribution is -0.131. The normalized spacial score (nSPS) is 31.6. The molecule has 0 aromatic carbocycles. The van der Waals surface area contributed by atoms with Gasteiger partial charge in [-0.05, 0) is 38.1 Å². The quantitative estimate of drug-likeness (QED) is 0.749. The molecular weight excluding hydrogens is 202 g/mol. The molecule has 1 saturated carbocycles. The zero-order valence-corrected chi connectivity index (χ0v) is 9.95. The van der Waals surface area contributed by atoms with Crippen LogP contribution in [0.5, 0.6) is 0 Å². The maximum Gasteiger partial charge on any atom is 0.237 e. The van der Waals surface area contributed by atoms with Gasteiger partial charge in [0, 0.05) is 19.0 Å². The average molecular weight is 225 g/mol. The van der Waals surface area contributed by atoms with Crippen LogP contribution in [-0.2, 0) is 4.79 Å². The van der Waals surface area contributed by atoms with Crippen molar-refractivity contribution in [2.75, 3.05) is 19.6 Å². The van der Waals surface area contributed by atoms with Crippen LogP contribution in [0.4, 0.5) is 0 Å². The number of rotatable bonds is 3. The number of nitrogens with one attached hydrogen (secondary N) is 1. The van der Waals surface area contributed by atoms with Gasteiger partial charge >= 0.3 is 0 Å². The number of hydrazine groups is 1. The Morgan fingerprint density at radius 2 is 1.94 bits per heavy atom. The molecule has 2 unspecified atom stereocenters. The second-order valence-electron chi connectivity index (χ2n) is 5.06. The van der Waals surface area contributed by atoms with Crippen LogP contribution in [0.25, 0.3) is 0 Å². The van der Waals surface area contributed by atoms with Crippen LogP contribution < -0.4 is 11.2 Å². The Morgan fingerprint density at radius 3 is 2.62 bits per heavy atom. The van der Waals surface area contributed by atoms with Crippen molar-refractivity contribution in [2.24, 2.45) is 17.6 Å². The van der Waals surface area contributed by atoms with Gasteiger partial charge in [0.15, 0.2) is 0 Å². The molecule has 2 aliphatic rings. The maximum absolute atomic E-state index is 12.1. The Balaban J connectivity index is 1.82. The summed E-state index contributed by atoms with van der Waals surface area (Å²) in [5.41, 5.74) is 8.77. The van der Waals surface area contributed by atoms with Gasteiger partial charge in [0.05, 0.1) is 0 Å². The summed E-state index contributed by atoms with van der Waals surface area (Å²) < 4.78 is 0. The fourth-order valence-corrected chi connectivity index (χ4v) is 2.91. The van der Waals surface area contributed by atoms with Crippen LogP contribution in [-0.4, -0.2) is 30.6 Å². The molecule has 0 bridgehead atoms. The molecule has 92 valence electrons. The summed E-state index contributed by atoms with van der Waals surface area (Å²) in [6, 6.07) is 0. The Morgan fingerprint density at radius 1 is 1.19 bits per heavy atom. The largest absolute Gasteiger partial charge is 0.330 e. The summed E-state index contributed by atoms with van der Waals surface area (Å²) in [5, 5.41) is 2.08. The van der Waals surface area contributed by atoms with Gasteiger partial charge in [-0.3, -0.25) is 10.2 Å². The minimum absolute atomic E-state index is 0.159. The van der Waals surface area contributed by atoms with Crippen molar-refractivity contribution in [3.8, 4) is 0 Å². The van der Waals surface area contributed by atoms with Crippen LogP contribution in [0.2, 0.25) is 0 Å². The number of hydrogen-bond donors (Lipinski definition) is 2. The third kappa shape index (κ3) is 2.74. The molecule has 1 saturated heterocycles. The van der Waals surface area contributed by atoms with Crippen LogP contribution in [0, 0.1) is 11.8 Å². The van der Waals surface area contributed by atoms with Crippen LogP contribution in [0.15, 0.2) is 0 Å². The van der Waals surface area contributed by atoms with Gasteiger partial charge in [0.25, 0.3) is 0 Å². The van der Waals surface area contributed by atoms with E-state index in [0.29, 0.717) is 12.5 Å². The van der Waals surface area contributed by atoms with E-state index >= 15 is 0 Å². The summed E-state index contributed by atoms with van der Waals surface area (Å²) in [6.07, 6.45) is 6.98. The van der Waals surface area contributed by atoms with Gasteiger partial charge in [0.2, 0.25) is 5.91 Å². The number of hydrogen-bond acceptors (Lipinski definition) is 3. The van der Waals surface area contributed by atoms with Crippen molar-refractivity contribution in [2.45, 2.75) is 38.5 Å². The SMILES string of the molecule is NCC1CCCC1C(=O)NN1CCCCC1. The molecule has 1 aliphatic heterocycles. The van der Waals surface area contributed by atoms with Crippen LogP contribution in [0.3, 0.4) is 0 Å². The van der Waals surface area contributed by atoms with E-state index in [2.05, 4.69) is 10.4 Å². The first kappa shape index (κ1) is 11.9. The number of carbonyl (C=O) groups excluding carboxylic acids is 1. The topological polar surface area (TPSA) is 58.4 Å². The predicted octanol–water partition coefficient (Wildman–Crippen LogP) is 0.878. The van der Waals surface area contributed by atoms with Gasteiger partial charge in [-0.1, -0.05) is 12.8 Å². The van der Waals surface area contributed by atoms with E-state index in [4.69, 9.17) is 5.73 Å². The first-order valence-electron chi connectivity index (χ1n) is 6.57. The van der Waals surface area contributed by atoms with Gasteiger partial charge in [-0.2, -0.15) is 0 Å². The molecule has 2 fully saturated rings. The molecule has 3 N–H and O–H groups in total. The standard InChI is InChI=1S/C12H23N3O/c13-9-10-5-4-6-11(10)12(16)14-15-7-2-1-3-8-15/h10-11H,1-9,13H2,(H,14,16). The van der Waals surface area contributed by atoms with E-state index in [1.807, 2.05) is 0 Å². The van der Waals surface area contributed by atoms with Crippen molar-refractivity contribution in [3.63, 3.8) is 0 Å². The van der Waals surface area contributed by atoms with Gasteiger partial charge in [-0.25, -0.2) is 5.01 Å². The fraction of sp³-hybridized carbons (Fsp3) is 0.917. The molecular formula is C12H23N3O. The molecule has 1 heterocycles. The highest BCUT2D eigenvalue weighted by Crippen LogP contribution is 2.31. The summed E-state index contributed by atoms with van der Waals surface area (Å²) in [7, 11) is 0. The minimum Gasteiger partial charge on any atom is -0.330 e. The van der Waals surface area contributed by atoms with Gasteiger partial charge in [-0.15, -0.1) is 0 Å². The smallest absolute Gasteiger partial charge is 0.237 e. The lowest BCUT2D eigenvalue weighted by atomic mass is 9.96. The van der Waals surface area contributed by atoms with Crippen molar-refractivity contribution < 1.29 is 4.79 Å². The van der Waals surface area contributed by atoms with E-state index in [-0.39, 0.29) is 11.8 Å². The molecule has 0 aromatic heterocycles. The third-order valence-corrected chi connectivity index (χ3v) is 3.92. The molecule has 0 spiro atoms. The first-order valence-corrected chi connectivity index (χ1v) is 6.57. The second kappa shape index (κ2) is 5.64. The highest BCUT2D eigenvalue weighted by Gasteiger charge is 2.32. The molecule has 2 rings (SSSR count). The zero-order chi connectivity index (χ0) is 11.4. The lowest BCUT2D eigenvalue weighted by Gasteiger charge is -2.29. The van der Waals surface area contributed by atoms with Gasteiger partial charge < -0.3 is 5.73 Å². The molecule has 0 aromatic rings. The van der Waals surface area contributed by atoms with E-state index in [1.165, 1.54) is 19.3 Å². The van der Waals surface area contributed by atoms with Crippen molar-refractivity contribution >= 4 is 5.91 Å². The van der Waals surface area contributed by atoms with E-state index < -0.39 is 0 Å². The Bertz CT molecular complexity index is 238. The number of nitrogens with two attached hydrogens (primary N) is 1. The Labute approximate surface area is 97.5 Å². The maximum atomic E-state index is 12.1. The fourth-order valence-electron chi connectivity index (χ4n) is 2.91. The van der Waals surface area contributed by atoms with E-state index in [9.17, 15) is 4.79 Å². The zero-order valence-electron chi connectivity index (χ0n) is 9.95. The van der Waals surface area contributed by atoms with Crippen LogP contribution >= 0.6 is 0 Å². The number of amides is 1. The summed E-state index contributed by atoms with van der Waals surface area (Å²) in [6.45, 7) is 2.66. The van der Waals surface area contributed by atoms with Crippen molar-refractivity contribution in [1.82, 2.24) is 10.4 Å². The van der Waals surface area contributed by atoms with Crippen LogP contribution in [0.1, 0.15) is 38.5 Å². The Kier molecular flexibility index (Phi) is 4.18. The monoisotopic (exact) mass is 225 g/mol. The second-order valence-corrected chi connectivity index (χ2v) is 5.06. The molecule has 4 heteroatoms. The van der Waals surface area contributed by atoms with Crippen molar-refractivity contribution in [1.29, 1.82) is 0 Å². The molecule has 4 nitrogen and oxygen atoms in total. The summed E-state index contributed by atoms with van der Waals surface area (Å²) >= 11 is 0. The minimum atomic E-state index is 0.159. The molecule has 16 heavy (non-hydrogen) atoms. The summed E-state index contributed by atoms with van der Waals surface area (Å²) in [5.74, 6) is 0.770. The number of nitrogens with zero attached hydrogens (tertiary/aromatic N) is 1. The molecule has 1 amide bonds. The highest BCUT2D eigenvalue weighted by molar-refractivity contribution is 5.78. The summed E-state index contributed by atoms with van der Waals surface area (Å²) in [4.78, 5) is 12.1. The molecule has 0 radical (unpaired) electrons. The average Bonchev–Trinajstić information content (AvgIpc) is 2.78. The van der Waals surface area contributed by atoms with E-state index in [1.54, 1.807) is 0 Å². The number of piperidine rings is 1. The lowest BCUT2D eigenvalue weighted by Crippen LogP contribution is -2.48. The van der Waals surface area contributed by atoms with E-state index in [0.717, 1.165) is 32.4 Å². The third-order valence-electron chi connectivity index (χ3n) is 3.92. The number of carbonyl (C=O) groups is 1. The first-order chi connectivity index (χ1) is 7.81. The highest BCUT2D eigenvalue weighted by atomic mass is 16.2. The molecule has 2 atom stereocenters. The van der Waals surface area contributed by atoms with Gasteiger partial charge in [0.1, 0.15) is 0 Å².